The lowest BCUT2D eigenvalue weighted by Crippen LogP contribution is -2.52. The van der Waals surface area contributed by atoms with Gasteiger partial charge in [-0.3, -0.25) is 9.80 Å². The summed E-state index contributed by atoms with van der Waals surface area (Å²) in [6, 6.07) is 0.552. The third-order valence-electron chi connectivity index (χ3n) is 4.30. The van der Waals surface area contributed by atoms with E-state index >= 15 is 0 Å². The fourth-order valence-electron chi connectivity index (χ4n) is 2.87. The van der Waals surface area contributed by atoms with Gasteiger partial charge < -0.3 is 10.6 Å². The van der Waals surface area contributed by atoms with E-state index in [0.29, 0.717) is 6.04 Å². The molecule has 4 heteroatoms. The number of piperazine rings is 1. The Labute approximate surface area is 106 Å². The smallest absolute Gasteiger partial charge is 0.0191 e. The van der Waals surface area contributed by atoms with Gasteiger partial charge in [-0.25, -0.2) is 0 Å². The average molecular weight is 240 g/mol. The van der Waals surface area contributed by atoms with Crippen LogP contribution in [0.1, 0.15) is 19.8 Å². The number of rotatable bonds is 5. The highest BCUT2D eigenvalue weighted by Gasteiger charge is 2.20. The maximum Gasteiger partial charge on any atom is 0.0191 e. The second-order valence-electron chi connectivity index (χ2n) is 5.51. The summed E-state index contributed by atoms with van der Waals surface area (Å²) >= 11 is 0. The van der Waals surface area contributed by atoms with Gasteiger partial charge in [0.25, 0.3) is 0 Å². The third-order valence-corrected chi connectivity index (χ3v) is 4.30. The van der Waals surface area contributed by atoms with Crippen LogP contribution in [0.4, 0.5) is 0 Å². The lowest BCUT2D eigenvalue weighted by Gasteiger charge is -2.38. The Bertz CT molecular complexity index is 207. The highest BCUT2D eigenvalue weighted by Crippen LogP contribution is 2.09. The predicted octanol–water partition coefficient (Wildman–Crippen LogP) is 0.0470. The first-order valence-electron chi connectivity index (χ1n) is 7.18. The van der Waals surface area contributed by atoms with Crippen LogP contribution in [-0.2, 0) is 0 Å². The Morgan fingerprint density at radius 2 is 1.41 bits per heavy atom. The van der Waals surface area contributed by atoms with Gasteiger partial charge in [0.15, 0.2) is 0 Å². The normalized spacial score (nSPS) is 26.5. The first-order chi connectivity index (χ1) is 8.29. The van der Waals surface area contributed by atoms with Crippen molar-refractivity contribution in [2.75, 3.05) is 58.9 Å². The van der Waals surface area contributed by atoms with E-state index in [2.05, 4.69) is 21.6 Å². The Kier molecular flexibility index (Phi) is 5.22. The van der Waals surface area contributed by atoms with Crippen LogP contribution in [0.15, 0.2) is 0 Å². The summed E-state index contributed by atoms with van der Waals surface area (Å²) in [6.45, 7) is 13.0. The molecule has 2 aliphatic rings. The van der Waals surface area contributed by atoms with Crippen LogP contribution >= 0.6 is 0 Å². The first kappa shape index (κ1) is 13.3. The van der Waals surface area contributed by atoms with E-state index in [1.807, 2.05) is 0 Å². The van der Waals surface area contributed by atoms with Crippen molar-refractivity contribution in [2.24, 2.45) is 5.73 Å². The number of nitrogens with zero attached hydrogens (tertiary/aromatic N) is 3. The molecular weight excluding hydrogens is 212 g/mol. The average Bonchev–Trinajstić information content (AvgIpc) is 2.89. The Hall–Kier alpha value is -0.160. The summed E-state index contributed by atoms with van der Waals surface area (Å²) in [4.78, 5) is 7.74. The summed E-state index contributed by atoms with van der Waals surface area (Å²) in [5.41, 5.74) is 5.72. The van der Waals surface area contributed by atoms with Crippen LogP contribution in [0, 0.1) is 0 Å². The minimum absolute atomic E-state index is 0.552. The molecule has 0 saturated carbocycles. The number of hydrogen-bond acceptors (Lipinski definition) is 4. The number of hydrogen-bond donors (Lipinski definition) is 1. The van der Waals surface area contributed by atoms with Gasteiger partial charge >= 0.3 is 0 Å². The topological polar surface area (TPSA) is 35.7 Å². The second-order valence-corrected chi connectivity index (χ2v) is 5.51. The SMILES string of the molecule is CC(CN)N1CCN(CCN2CCCC2)CC1. The fraction of sp³-hybridized carbons (Fsp3) is 1.00. The summed E-state index contributed by atoms with van der Waals surface area (Å²) in [7, 11) is 0. The zero-order chi connectivity index (χ0) is 12.1. The minimum Gasteiger partial charge on any atom is -0.329 e. The van der Waals surface area contributed by atoms with Crippen LogP contribution < -0.4 is 5.73 Å². The maximum absolute atomic E-state index is 5.72. The van der Waals surface area contributed by atoms with Crippen molar-refractivity contribution in [3.05, 3.63) is 0 Å². The van der Waals surface area contributed by atoms with E-state index in [1.54, 1.807) is 0 Å². The van der Waals surface area contributed by atoms with Crippen LogP contribution in [0.5, 0.6) is 0 Å². The molecular formula is C13H28N4. The summed E-state index contributed by atoms with van der Waals surface area (Å²) in [5, 5.41) is 0. The van der Waals surface area contributed by atoms with Gasteiger partial charge in [-0.2, -0.15) is 0 Å². The molecule has 17 heavy (non-hydrogen) atoms. The Balaban J connectivity index is 1.61. The first-order valence-corrected chi connectivity index (χ1v) is 7.18. The quantitative estimate of drug-likeness (QED) is 0.736. The fourth-order valence-corrected chi connectivity index (χ4v) is 2.87. The van der Waals surface area contributed by atoms with Crippen LogP contribution in [0.25, 0.3) is 0 Å². The molecule has 0 aromatic carbocycles. The van der Waals surface area contributed by atoms with Crippen LogP contribution in [0.3, 0.4) is 0 Å². The van der Waals surface area contributed by atoms with E-state index in [0.717, 1.165) is 6.54 Å². The standard InChI is InChI=1S/C13H28N4/c1-13(12-14)17-10-8-16(9-11-17)7-6-15-4-2-3-5-15/h13H,2-12,14H2,1H3. The van der Waals surface area contributed by atoms with Crippen molar-refractivity contribution in [3.63, 3.8) is 0 Å². The van der Waals surface area contributed by atoms with Crippen molar-refractivity contribution in [2.45, 2.75) is 25.8 Å². The zero-order valence-corrected chi connectivity index (χ0v) is 11.3. The molecule has 2 heterocycles. The molecule has 2 N–H and O–H groups in total. The van der Waals surface area contributed by atoms with E-state index < -0.39 is 0 Å². The van der Waals surface area contributed by atoms with Crippen LogP contribution in [0.2, 0.25) is 0 Å². The summed E-state index contributed by atoms with van der Waals surface area (Å²) in [5.74, 6) is 0. The lowest BCUT2D eigenvalue weighted by molar-refractivity contribution is 0.0980. The van der Waals surface area contributed by atoms with Gasteiger partial charge in [0.2, 0.25) is 0 Å². The molecule has 0 bridgehead atoms. The van der Waals surface area contributed by atoms with Crippen molar-refractivity contribution < 1.29 is 0 Å². The Morgan fingerprint density at radius 1 is 0.882 bits per heavy atom. The molecule has 1 atom stereocenters. The maximum atomic E-state index is 5.72. The molecule has 100 valence electrons. The highest BCUT2D eigenvalue weighted by atomic mass is 15.3. The van der Waals surface area contributed by atoms with Crippen molar-refractivity contribution in [1.82, 2.24) is 14.7 Å². The van der Waals surface area contributed by atoms with Gasteiger partial charge in [-0.05, 0) is 32.9 Å². The van der Waals surface area contributed by atoms with Crippen molar-refractivity contribution in [3.8, 4) is 0 Å². The van der Waals surface area contributed by atoms with Gasteiger partial charge in [0.1, 0.15) is 0 Å². The molecule has 0 aromatic heterocycles. The van der Waals surface area contributed by atoms with E-state index in [4.69, 9.17) is 5.73 Å². The molecule has 0 radical (unpaired) electrons. The molecule has 2 rings (SSSR count). The largest absolute Gasteiger partial charge is 0.329 e. The summed E-state index contributed by atoms with van der Waals surface area (Å²) in [6.07, 6.45) is 2.81. The van der Waals surface area contributed by atoms with Gasteiger partial charge in [0, 0.05) is 51.9 Å². The van der Waals surface area contributed by atoms with Crippen LogP contribution in [-0.4, -0.2) is 79.6 Å². The number of likely N-dealkylation sites (tertiary alicyclic amines) is 1. The monoisotopic (exact) mass is 240 g/mol. The minimum atomic E-state index is 0.552. The van der Waals surface area contributed by atoms with E-state index in [1.165, 1.54) is 65.2 Å². The highest BCUT2D eigenvalue weighted by molar-refractivity contribution is 4.77. The predicted molar refractivity (Wildman–Crippen MR) is 72.2 cm³/mol. The molecule has 0 aliphatic carbocycles. The molecule has 0 aromatic rings. The third kappa shape index (κ3) is 3.91. The number of nitrogens with two attached hydrogens (primary N) is 1. The zero-order valence-electron chi connectivity index (χ0n) is 11.3. The molecule has 2 saturated heterocycles. The van der Waals surface area contributed by atoms with E-state index in [-0.39, 0.29) is 0 Å². The van der Waals surface area contributed by atoms with Gasteiger partial charge in [-0.1, -0.05) is 0 Å². The molecule has 0 amide bonds. The molecule has 2 fully saturated rings. The van der Waals surface area contributed by atoms with Gasteiger partial charge in [0.05, 0.1) is 0 Å². The second kappa shape index (κ2) is 6.69. The van der Waals surface area contributed by atoms with Crippen molar-refractivity contribution >= 4 is 0 Å². The molecule has 2 aliphatic heterocycles. The van der Waals surface area contributed by atoms with Crippen molar-refractivity contribution in [1.29, 1.82) is 0 Å². The Morgan fingerprint density at radius 3 is 1.94 bits per heavy atom. The van der Waals surface area contributed by atoms with Gasteiger partial charge in [-0.15, -0.1) is 0 Å². The van der Waals surface area contributed by atoms with E-state index in [9.17, 15) is 0 Å². The molecule has 4 nitrogen and oxygen atoms in total. The molecule has 0 spiro atoms. The lowest BCUT2D eigenvalue weighted by atomic mass is 10.2. The summed E-state index contributed by atoms with van der Waals surface area (Å²) < 4.78 is 0. The molecule has 1 unspecified atom stereocenters.